The van der Waals surface area contributed by atoms with Gasteiger partial charge in [-0.1, -0.05) is 12.1 Å². The highest BCUT2D eigenvalue weighted by molar-refractivity contribution is 6.13. The van der Waals surface area contributed by atoms with Crippen molar-refractivity contribution in [3.8, 4) is 11.9 Å². The Bertz CT molecular complexity index is 1000. The number of ether oxygens (including phenoxy) is 1. The summed E-state index contributed by atoms with van der Waals surface area (Å²) in [6, 6.07) is 7.03. The summed E-state index contributed by atoms with van der Waals surface area (Å²) in [6.45, 7) is 1.67. The zero-order chi connectivity index (χ0) is 20.1. The van der Waals surface area contributed by atoms with Gasteiger partial charge < -0.3 is 9.84 Å². The van der Waals surface area contributed by atoms with Crippen molar-refractivity contribution >= 4 is 11.5 Å². The number of rotatable bonds is 7. The summed E-state index contributed by atoms with van der Waals surface area (Å²) in [5.74, 6) is -1.47. The predicted octanol–water partition coefficient (Wildman–Crippen LogP) is 1.91. The average Bonchev–Trinajstić information content (AvgIpc) is 2.64. The van der Waals surface area contributed by atoms with E-state index in [0.29, 0.717) is 13.0 Å². The summed E-state index contributed by atoms with van der Waals surface area (Å²) in [5.41, 5.74) is -2.04. The van der Waals surface area contributed by atoms with Gasteiger partial charge in [-0.3, -0.25) is 24.3 Å². The fourth-order valence-corrected chi connectivity index (χ4v) is 2.76. The number of nitro benzene ring substituents is 1. The number of hydrogen-bond acceptors (Lipinski definition) is 7. The van der Waals surface area contributed by atoms with Gasteiger partial charge >= 0.3 is 0 Å². The summed E-state index contributed by atoms with van der Waals surface area (Å²) in [4.78, 5) is 35.9. The van der Waals surface area contributed by atoms with E-state index < -0.39 is 27.8 Å². The molecule has 2 aromatic rings. The van der Waals surface area contributed by atoms with Crippen LogP contribution in [0.3, 0.4) is 0 Å². The second kappa shape index (κ2) is 8.25. The molecule has 0 aliphatic carbocycles. The molecule has 0 spiro atoms. The molecule has 140 valence electrons. The number of pyridine rings is 1. The van der Waals surface area contributed by atoms with Crippen LogP contribution in [0, 0.1) is 28.4 Å². The number of carbonyl (C=O) groups is 1. The molecule has 1 aromatic carbocycles. The first-order valence-corrected chi connectivity index (χ1v) is 7.98. The van der Waals surface area contributed by atoms with Crippen molar-refractivity contribution in [2.45, 2.75) is 19.9 Å². The van der Waals surface area contributed by atoms with Crippen LogP contribution in [0.5, 0.6) is 5.88 Å². The molecular formula is C18H17N3O6. The number of para-hydroxylation sites is 1. The fourth-order valence-electron chi connectivity index (χ4n) is 2.76. The molecule has 1 N–H and O–H groups in total. The van der Waals surface area contributed by atoms with Crippen LogP contribution in [-0.2, 0) is 11.3 Å². The SMILES string of the molecule is COCCCn1c(O)c(C(=O)c2ccccc2[N+](=O)[O-])c(C)c(C#N)c1=O. The Balaban J connectivity index is 2.72. The summed E-state index contributed by atoms with van der Waals surface area (Å²) < 4.78 is 5.82. The Morgan fingerprint density at radius 1 is 1.41 bits per heavy atom. The second-order valence-corrected chi connectivity index (χ2v) is 5.72. The second-order valence-electron chi connectivity index (χ2n) is 5.72. The van der Waals surface area contributed by atoms with Crippen molar-refractivity contribution in [1.29, 1.82) is 5.26 Å². The molecule has 0 saturated heterocycles. The third-order valence-corrected chi connectivity index (χ3v) is 4.10. The van der Waals surface area contributed by atoms with Gasteiger partial charge in [0.2, 0.25) is 11.7 Å². The number of aromatic nitrogens is 1. The average molecular weight is 371 g/mol. The Kier molecular flexibility index (Phi) is 6.05. The van der Waals surface area contributed by atoms with E-state index in [1.54, 1.807) is 6.07 Å². The molecule has 0 fully saturated rings. The molecule has 1 aromatic heterocycles. The monoisotopic (exact) mass is 371 g/mol. The van der Waals surface area contributed by atoms with Gasteiger partial charge in [-0.05, 0) is 25.0 Å². The number of aromatic hydroxyl groups is 1. The third kappa shape index (κ3) is 3.70. The Hall–Kier alpha value is -3.51. The molecule has 9 nitrogen and oxygen atoms in total. The van der Waals surface area contributed by atoms with Crippen molar-refractivity contribution in [3.05, 3.63) is 67.0 Å². The standard InChI is InChI=1S/C18H17N3O6/c1-11-13(10-19)17(23)20(8-5-9-27-2)18(24)15(11)16(22)12-6-3-4-7-14(12)21(25)26/h3-4,6-7,24H,5,8-9H2,1-2H3. The summed E-state index contributed by atoms with van der Waals surface area (Å²) >= 11 is 0. The van der Waals surface area contributed by atoms with Crippen molar-refractivity contribution in [1.82, 2.24) is 4.57 Å². The lowest BCUT2D eigenvalue weighted by atomic mass is 9.96. The van der Waals surface area contributed by atoms with Gasteiger partial charge in [0.15, 0.2) is 0 Å². The molecule has 0 atom stereocenters. The van der Waals surface area contributed by atoms with Crippen LogP contribution in [0.1, 0.15) is 33.5 Å². The number of methoxy groups -OCH3 is 1. The lowest BCUT2D eigenvalue weighted by molar-refractivity contribution is -0.385. The van der Waals surface area contributed by atoms with Gasteiger partial charge in [0.25, 0.3) is 11.2 Å². The van der Waals surface area contributed by atoms with Gasteiger partial charge in [-0.25, -0.2) is 0 Å². The highest BCUT2D eigenvalue weighted by Crippen LogP contribution is 2.28. The topological polar surface area (TPSA) is 135 Å². The first kappa shape index (κ1) is 19.8. The molecule has 0 aliphatic heterocycles. The lowest BCUT2D eigenvalue weighted by Crippen LogP contribution is -2.27. The van der Waals surface area contributed by atoms with Crippen LogP contribution in [0.15, 0.2) is 29.1 Å². The minimum absolute atomic E-state index is 0.0185. The summed E-state index contributed by atoms with van der Waals surface area (Å²) in [5, 5.41) is 31.1. The Morgan fingerprint density at radius 3 is 2.67 bits per heavy atom. The Labute approximate surface area is 154 Å². The minimum Gasteiger partial charge on any atom is -0.494 e. The number of nitrogens with zero attached hydrogens (tertiary/aromatic N) is 3. The Morgan fingerprint density at radius 2 is 2.07 bits per heavy atom. The number of benzene rings is 1. The zero-order valence-electron chi connectivity index (χ0n) is 14.8. The third-order valence-electron chi connectivity index (χ3n) is 4.10. The van der Waals surface area contributed by atoms with E-state index in [4.69, 9.17) is 4.74 Å². The van der Waals surface area contributed by atoms with Crippen LogP contribution in [0.2, 0.25) is 0 Å². The van der Waals surface area contributed by atoms with Crippen LogP contribution in [0.25, 0.3) is 0 Å². The van der Waals surface area contributed by atoms with Crippen molar-refractivity contribution in [2.24, 2.45) is 0 Å². The smallest absolute Gasteiger partial charge is 0.280 e. The maximum atomic E-state index is 13.0. The first-order chi connectivity index (χ1) is 12.8. The summed E-state index contributed by atoms with van der Waals surface area (Å²) in [6.07, 6.45) is 0.358. The van der Waals surface area contributed by atoms with Crippen LogP contribution in [-0.4, -0.2) is 34.1 Å². The lowest BCUT2D eigenvalue weighted by Gasteiger charge is -2.15. The highest BCUT2D eigenvalue weighted by atomic mass is 16.6. The number of hydrogen-bond donors (Lipinski definition) is 1. The highest BCUT2D eigenvalue weighted by Gasteiger charge is 2.28. The predicted molar refractivity (Wildman–Crippen MR) is 94.8 cm³/mol. The molecule has 9 heteroatoms. The normalized spacial score (nSPS) is 10.4. The van der Waals surface area contributed by atoms with E-state index in [1.165, 1.54) is 38.3 Å². The minimum atomic E-state index is -0.839. The number of carbonyl (C=O) groups excluding carboxylic acids is 1. The van der Waals surface area contributed by atoms with Gasteiger partial charge in [0.1, 0.15) is 17.2 Å². The zero-order valence-corrected chi connectivity index (χ0v) is 14.8. The quantitative estimate of drug-likeness (QED) is 0.340. The fraction of sp³-hybridized carbons (Fsp3) is 0.278. The van der Waals surface area contributed by atoms with E-state index in [2.05, 4.69) is 0 Å². The van der Waals surface area contributed by atoms with Crippen molar-refractivity contribution < 1.29 is 19.6 Å². The maximum Gasteiger partial charge on any atom is 0.280 e. The van der Waals surface area contributed by atoms with Gasteiger partial charge in [-0.2, -0.15) is 5.26 Å². The first-order valence-electron chi connectivity index (χ1n) is 7.98. The molecule has 27 heavy (non-hydrogen) atoms. The van der Waals surface area contributed by atoms with Crippen molar-refractivity contribution in [3.63, 3.8) is 0 Å². The molecule has 0 amide bonds. The van der Waals surface area contributed by atoms with Crippen LogP contribution in [0.4, 0.5) is 5.69 Å². The number of ketones is 1. The largest absolute Gasteiger partial charge is 0.494 e. The number of nitriles is 1. The van der Waals surface area contributed by atoms with E-state index >= 15 is 0 Å². The van der Waals surface area contributed by atoms with E-state index in [1.807, 2.05) is 0 Å². The number of nitro groups is 1. The molecule has 0 saturated carbocycles. The molecule has 0 bridgehead atoms. The van der Waals surface area contributed by atoms with E-state index in [0.717, 1.165) is 4.57 Å². The van der Waals surface area contributed by atoms with Crippen LogP contribution >= 0.6 is 0 Å². The summed E-state index contributed by atoms with van der Waals surface area (Å²) in [7, 11) is 1.47. The van der Waals surface area contributed by atoms with Gasteiger partial charge in [-0.15, -0.1) is 0 Å². The molecule has 0 aliphatic rings. The molecule has 0 radical (unpaired) electrons. The van der Waals surface area contributed by atoms with E-state index in [-0.39, 0.29) is 28.8 Å². The van der Waals surface area contributed by atoms with Crippen molar-refractivity contribution in [2.75, 3.05) is 13.7 Å². The molecular weight excluding hydrogens is 354 g/mol. The molecule has 1 heterocycles. The molecule has 0 unspecified atom stereocenters. The van der Waals surface area contributed by atoms with E-state index in [9.17, 15) is 30.1 Å². The maximum absolute atomic E-state index is 13.0. The van der Waals surface area contributed by atoms with Gasteiger partial charge in [0, 0.05) is 26.3 Å². The van der Waals surface area contributed by atoms with Gasteiger partial charge in [0.05, 0.1) is 10.5 Å². The van der Waals surface area contributed by atoms with Crippen LogP contribution < -0.4 is 5.56 Å². The molecule has 2 rings (SSSR count).